The molecule has 1 aromatic heterocycles. The van der Waals surface area contributed by atoms with Crippen LogP contribution in [-0.4, -0.2) is 28.7 Å². The van der Waals surface area contributed by atoms with Crippen molar-refractivity contribution >= 4 is 5.91 Å². The van der Waals surface area contributed by atoms with E-state index >= 15 is 0 Å². The SMILES string of the molecule is CC(C)n1ccnc1CNC(=O)CC1CCCOC1. The van der Waals surface area contributed by atoms with E-state index in [0.717, 1.165) is 25.3 Å². The molecule has 5 nitrogen and oxygen atoms in total. The van der Waals surface area contributed by atoms with Crippen molar-refractivity contribution in [1.82, 2.24) is 14.9 Å². The number of ether oxygens (including phenoxy) is 1. The predicted octanol–water partition coefficient (Wildman–Crippen LogP) is 1.90. The van der Waals surface area contributed by atoms with E-state index in [9.17, 15) is 4.79 Å². The molecule has 1 unspecified atom stereocenters. The molecule has 5 heteroatoms. The molecule has 1 saturated heterocycles. The van der Waals surface area contributed by atoms with Gasteiger partial charge in [-0.2, -0.15) is 0 Å². The van der Waals surface area contributed by atoms with E-state index in [4.69, 9.17) is 4.74 Å². The molecule has 1 aliphatic rings. The van der Waals surface area contributed by atoms with Crippen molar-refractivity contribution < 1.29 is 9.53 Å². The van der Waals surface area contributed by atoms with Crippen LogP contribution in [0.4, 0.5) is 0 Å². The van der Waals surface area contributed by atoms with Crippen LogP contribution >= 0.6 is 0 Å². The summed E-state index contributed by atoms with van der Waals surface area (Å²) < 4.78 is 7.46. The fourth-order valence-corrected chi connectivity index (χ4v) is 2.43. The van der Waals surface area contributed by atoms with Crippen LogP contribution in [0.1, 0.15) is 45.0 Å². The maximum Gasteiger partial charge on any atom is 0.220 e. The molecule has 0 aromatic carbocycles. The number of amides is 1. The van der Waals surface area contributed by atoms with Crippen LogP contribution in [0.25, 0.3) is 0 Å². The van der Waals surface area contributed by atoms with Crippen LogP contribution in [0, 0.1) is 5.92 Å². The zero-order valence-corrected chi connectivity index (χ0v) is 11.8. The van der Waals surface area contributed by atoms with Gasteiger partial charge >= 0.3 is 0 Å². The number of rotatable bonds is 5. The fraction of sp³-hybridized carbons (Fsp3) is 0.714. The first-order chi connectivity index (χ1) is 9.16. The van der Waals surface area contributed by atoms with Gasteiger partial charge in [0.15, 0.2) is 0 Å². The second-order valence-corrected chi connectivity index (χ2v) is 5.41. The molecule has 1 aliphatic heterocycles. The predicted molar refractivity (Wildman–Crippen MR) is 72.6 cm³/mol. The highest BCUT2D eigenvalue weighted by atomic mass is 16.5. The number of imidazole rings is 1. The minimum atomic E-state index is 0.0915. The molecular formula is C14H23N3O2. The van der Waals surface area contributed by atoms with Gasteiger partial charge in [0.2, 0.25) is 5.91 Å². The summed E-state index contributed by atoms with van der Waals surface area (Å²) in [5, 5.41) is 2.95. The van der Waals surface area contributed by atoms with Crippen molar-refractivity contribution in [2.24, 2.45) is 5.92 Å². The van der Waals surface area contributed by atoms with Gasteiger partial charge in [-0.1, -0.05) is 0 Å². The van der Waals surface area contributed by atoms with E-state index in [2.05, 4.69) is 28.7 Å². The van der Waals surface area contributed by atoms with Crippen LogP contribution in [-0.2, 0) is 16.1 Å². The van der Waals surface area contributed by atoms with Crippen molar-refractivity contribution in [3.63, 3.8) is 0 Å². The molecular weight excluding hydrogens is 242 g/mol. The van der Waals surface area contributed by atoms with Gasteiger partial charge in [-0.3, -0.25) is 4.79 Å². The minimum absolute atomic E-state index is 0.0915. The highest BCUT2D eigenvalue weighted by Gasteiger charge is 2.17. The van der Waals surface area contributed by atoms with Gasteiger partial charge in [0.1, 0.15) is 5.82 Å². The van der Waals surface area contributed by atoms with Crippen LogP contribution in [0.3, 0.4) is 0 Å². The summed E-state index contributed by atoms with van der Waals surface area (Å²) in [4.78, 5) is 16.2. The third-order valence-corrected chi connectivity index (χ3v) is 3.48. The van der Waals surface area contributed by atoms with Gasteiger partial charge in [-0.25, -0.2) is 4.98 Å². The number of carbonyl (C=O) groups is 1. The Morgan fingerprint density at radius 2 is 2.47 bits per heavy atom. The van der Waals surface area contributed by atoms with E-state index < -0.39 is 0 Å². The van der Waals surface area contributed by atoms with Gasteiger partial charge in [-0.05, 0) is 32.6 Å². The minimum Gasteiger partial charge on any atom is -0.381 e. The van der Waals surface area contributed by atoms with E-state index in [1.54, 1.807) is 6.20 Å². The molecule has 0 aliphatic carbocycles. The summed E-state index contributed by atoms with van der Waals surface area (Å²) >= 11 is 0. The van der Waals surface area contributed by atoms with E-state index in [-0.39, 0.29) is 5.91 Å². The topological polar surface area (TPSA) is 56.2 Å². The smallest absolute Gasteiger partial charge is 0.220 e. The number of aromatic nitrogens is 2. The second kappa shape index (κ2) is 6.70. The summed E-state index contributed by atoms with van der Waals surface area (Å²) in [5.74, 6) is 1.37. The van der Waals surface area contributed by atoms with E-state index in [1.165, 1.54) is 0 Å². The Balaban J connectivity index is 1.78. The van der Waals surface area contributed by atoms with Crippen molar-refractivity contribution in [2.45, 2.75) is 45.7 Å². The second-order valence-electron chi connectivity index (χ2n) is 5.41. The van der Waals surface area contributed by atoms with Gasteiger partial charge in [-0.15, -0.1) is 0 Å². The summed E-state index contributed by atoms with van der Waals surface area (Å²) in [7, 11) is 0. The highest BCUT2D eigenvalue weighted by molar-refractivity contribution is 5.76. The molecule has 1 fully saturated rings. The number of nitrogens with zero attached hydrogens (tertiary/aromatic N) is 2. The third-order valence-electron chi connectivity index (χ3n) is 3.48. The van der Waals surface area contributed by atoms with Crippen LogP contribution in [0.2, 0.25) is 0 Å². The lowest BCUT2D eigenvalue weighted by Crippen LogP contribution is -2.29. The molecule has 2 heterocycles. The molecule has 0 radical (unpaired) electrons. The first-order valence-corrected chi connectivity index (χ1v) is 7.03. The Morgan fingerprint density at radius 1 is 1.63 bits per heavy atom. The molecule has 1 aromatic rings. The lowest BCUT2D eigenvalue weighted by atomic mass is 9.98. The Hall–Kier alpha value is -1.36. The quantitative estimate of drug-likeness (QED) is 0.884. The molecule has 0 spiro atoms. The maximum atomic E-state index is 11.9. The molecule has 1 atom stereocenters. The lowest BCUT2D eigenvalue weighted by Gasteiger charge is -2.21. The average molecular weight is 265 g/mol. The molecule has 1 N–H and O–H groups in total. The fourth-order valence-electron chi connectivity index (χ4n) is 2.43. The third kappa shape index (κ3) is 4.06. The Bertz CT molecular complexity index is 409. The van der Waals surface area contributed by atoms with Crippen LogP contribution in [0.5, 0.6) is 0 Å². The summed E-state index contributed by atoms with van der Waals surface area (Å²) in [6.45, 7) is 6.26. The van der Waals surface area contributed by atoms with E-state index in [1.807, 2.05) is 6.20 Å². The van der Waals surface area contributed by atoms with E-state index in [0.29, 0.717) is 31.5 Å². The van der Waals surface area contributed by atoms with Crippen LogP contribution < -0.4 is 5.32 Å². The number of nitrogens with one attached hydrogen (secondary N) is 1. The Labute approximate surface area is 114 Å². The van der Waals surface area contributed by atoms with Crippen molar-refractivity contribution in [3.8, 4) is 0 Å². The first-order valence-electron chi connectivity index (χ1n) is 7.03. The molecule has 0 saturated carbocycles. The van der Waals surface area contributed by atoms with Crippen LogP contribution in [0.15, 0.2) is 12.4 Å². The summed E-state index contributed by atoms with van der Waals surface area (Å²) in [6, 6.07) is 0.362. The highest BCUT2D eigenvalue weighted by Crippen LogP contribution is 2.17. The summed E-state index contributed by atoms with van der Waals surface area (Å²) in [5.41, 5.74) is 0. The van der Waals surface area contributed by atoms with Crippen molar-refractivity contribution in [1.29, 1.82) is 0 Å². The van der Waals surface area contributed by atoms with Gasteiger partial charge in [0.25, 0.3) is 0 Å². The zero-order chi connectivity index (χ0) is 13.7. The normalized spacial score (nSPS) is 19.6. The van der Waals surface area contributed by atoms with Crippen molar-refractivity contribution in [3.05, 3.63) is 18.2 Å². The summed E-state index contributed by atoms with van der Waals surface area (Å²) in [6.07, 6.45) is 6.43. The Kier molecular flexibility index (Phi) is 4.96. The zero-order valence-electron chi connectivity index (χ0n) is 11.8. The Morgan fingerprint density at radius 3 is 3.16 bits per heavy atom. The lowest BCUT2D eigenvalue weighted by molar-refractivity contribution is -0.123. The molecule has 2 rings (SSSR count). The van der Waals surface area contributed by atoms with Gasteiger partial charge < -0.3 is 14.6 Å². The van der Waals surface area contributed by atoms with Gasteiger partial charge in [0, 0.05) is 38.1 Å². The monoisotopic (exact) mass is 265 g/mol. The largest absolute Gasteiger partial charge is 0.381 e. The average Bonchev–Trinajstić information content (AvgIpc) is 2.86. The number of hydrogen-bond acceptors (Lipinski definition) is 3. The molecule has 1 amide bonds. The molecule has 0 bridgehead atoms. The van der Waals surface area contributed by atoms with Gasteiger partial charge in [0.05, 0.1) is 6.54 Å². The maximum absolute atomic E-state index is 11.9. The number of hydrogen-bond donors (Lipinski definition) is 1. The molecule has 19 heavy (non-hydrogen) atoms. The molecule has 106 valence electrons. The first kappa shape index (κ1) is 14.1. The number of carbonyl (C=O) groups excluding carboxylic acids is 1. The van der Waals surface area contributed by atoms with Crippen molar-refractivity contribution in [2.75, 3.05) is 13.2 Å². The standard InChI is InChI=1S/C14H23N3O2/c1-11(2)17-6-5-15-13(17)9-16-14(18)8-12-4-3-7-19-10-12/h5-6,11-12H,3-4,7-10H2,1-2H3,(H,16,18).